The van der Waals surface area contributed by atoms with E-state index in [0.717, 1.165) is 16.7 Å². The number of amides is 1. The van der Waals surface area contributed by atoms with Crippen molar-refractivity contribution in [2.24, 2.45) is 0 Å². The summed E-state index contributed by atoms with van der Waals surface area (Å²) in [5, 5.41) is 2.93. The molecule has 3 aromatic rings. The highest BCUT2D eigenvalue weighted by Crippen LogP contribution is 2.24. The van der Waals surface area contributed by atoms with E-state index < -0.39 is 22.0 Å². The minimum Gasteiger partial charge on any atom is -0.496 e. The van der Waals surface area contributed by atoms with Crippen molar-refractivity contribution in [3.05, 3.63) is 95.6 Å². The molecule has 3 aromatic carbocycles. The Labute approximate surface area is 189 Å². The zero-order valence-corrected chi connectivity index (χ0v) is 19.2. The van der Waals surface area contributed by atoms with Crippen LogP contribution in [0.25, 0.3) is 0 Å². The number of rotatable bonds is 9. The average Bonchev–Trinajstić information content (AvgIpc) is 2.79. The zero-order valence-electron chi connectivity index (χ0n) is 18.4. The smallest absolute Gasteiger partial charge is 0.241 e. The highest BCUT2D eigenvalue weighted by molar-refractivity contribution is 7.89. The summed E-state index contributed by atoms with van der Waals surface area (Å²) in [7, 11) is -2.32. The molecule has 0 saturated heterocycles. The minimum absolute atomic E-state index is 0.117. The third-order valence-corrected chi connectivity index (χ3v) is 6.68. The van der Waals surface area contributed by atoms with Crippen molar-refractivity contribution < 1.29 is 17.9 Å². The van der Waals surface area contributed by atoms with Gasteiger partial charge in [0.25, 0.3) is 0 Å². The maximum Gasteiger partial charge on any atom is 0.241 e. The van der Waals surface area contributed by atoms with E-state index in [-0.39, 0.29) is 17.4 Å². The Hall–Kier alpha value is -3.16. The van der Waals surface area contributed by atoms with Crippen LogP contribution in [0.3, 0.4) is 0 Å². The molecule has 0 heterocycles. The molecule has 0 spiro atoms. The molecule has 0 saturated carbocycles. The first-order valence-corrected chi connectivity index (χ1v) is 11.8. The Balaban J connectivity index is 1.85. The van der Waals surface area contributed by atoms with Gasteiger partial charge < -0.3 is 10.1 Å². The molecule has 0 bridgehead atoms. The molecule has 0 aliphatic carbocycles. The first kappa shape index (κ1) is 23.5. The van der Waals surface area contributed by atoms with Crippen molar-refractivity contribution in [3.63, 3.8) is 0 Å². The van der Waals surface area contributed by atoms with Gasteiger partial charge in [-0.05, 0) is 44.0 Å². The maximum absolute atomic E-state index is 13.2. The molecule has 168 valence electrons. The molecule has 1 amide bonds. The summed E-state index contributed by atoms with van der Waals surface area (Å²) < 4.78 is 34.0. The Morgan fingerprint density at radius 1 is 0.938 bits per heavy atom. The van der Waals surface area contributed by atoms with Crippen molar-refractivity contribution in [1.82, 2.24) is 10.0 Å². The molecule has 2 N–H and O–H groups in total. The number of methoxy groups -OCH3 is 1. The number of para-hydroxylation sites is 1. The molecule has 0 aliphatic rings. The SMILES string of the molecule is COc1ccccc1[C@@H](C)NC(=O)[C@@H](Cc1ccccc1)NS(=O)(=O)c1ccc(C)cc1. The summed E-state index contributed by atoms with van der Waals surface area (Å²) in [6.07, 6.45) is 0.219. The standard InChI is InChI=1S/C25H28N2O4S/c1-18-13-15-21(16-14-18)32(29,30)27-23(17-20-9-5-4-6-10-20)25(28)26-19(2)22-11-7-8-12-24(22)31-3/h4-16,19,23,27H,17H2,1-3H3,(H,26,28)/t19-,23-/m1/s1. The summed E-state index contributed by atoms with van der Waals surface area (Å²) >= 11 is 0. The van der Waals surface area contributed by atoms with E-state index in [2.05, 4.69) is 10.0 Å². The molecule has 32 heavy (non-hydrogen) atoms. The van der Waals surface area contributed by atoms with Gasteiger partial charge in [-0.2, -0.15) is 4.72 Å². The number of ether oxygens (including phenoxy) is 1. The Morgan fingerprint density at radius 3 is 2.22 bits per heavy atom. The summed E-state index contributed by atoms with van der Waals surface area (Å²) in [5.74, 6) is 0.239. The second-order valence-electron chi connectivity index (χ2n) is 7.65. The van der Waals surface area contributed by atoms with Gasteiger partial charge in [-0.1, -0.05) is 66.2 Å². The van der Waals surface area contributed by atoms with Crippen LogP contribution in [0.5, 0.6) is 5.75 Å². The fourth-order valence-electron chi connectivity index (χ4n) is 3.43. The van der Waals surface area contributed by atoms with E-state index in [4.69, 9.17) is 4.74 Å². The normalized spacial score (nSPS) is 13.2. The van der Waals surface area contributed by atoms with Crippen LogP contribution in [0.2, 0.25) is 0 Å². The van der Waals surface area contributed by atoms with Gasteiger partial charge in [0.05, 0.1) is 18.0 Å². The fraction of sp³-hybridized carbons (Fsp3) is 0.240. The number of carbonyl (C=O) groups excluding carboxylic acids is 1. The van der Waals surface area contributed by atoms with Crippen molar-refractivity contribution in [1.29, 1.82) is 0 Å². The summed E-state index contributed by atoms with van der Waals surface area (Å²) in [6, 6.07) is 21.9. The van der Waals surface area contributed by atoms with E-state index in [0.29, 0.717) is 5.75 Å². The third kappa shape index (κ3) is 5.96. The average molecular weight is 453 g/mol. The number of carbonyl (C=O) groups is 1. The topological polar surface area (TPSA) is 84.5 Å². The summed E-state index contributed by atoms with van der Waals surface area (Å²) in [6.45, 7) is 3.72. The van der Waals surface area contributed by atoms with Crippen LogP contribution in [0.15, 0.2) is 83.8 Å². The molecular weight excluding hydrogens is 424 g/mol. The van der Waals surface area contributed by atoms with Gasteiger partial charge in [0.2, 0.25) is 15.9 Å². The van der Waals surface area contributed by atoms with E-state index in [1.165, 1.54) is 12.1 Å². The van der Waals surface area contributed by atoms with Crippen LogP contribution >= 0.6 is 0 Å². The Bertz CT molecular complexity index is 1150. The van der Waals surface area contributed by atoms with Gasteiger partial charge in [-0.3, -0.25) is 4.79 Å². The van der Waals surface area contributed by atoms with Crippen LogP contribution in [0, 0.1) is 6.92 Å². The molecule has 0 unspecified atom stereocenters. The largest absolute Gasteiger partial charge is 0.496 e. The number of benzene rings is 3. The first-order valence-electron chi connectivity index (χ1n) is 10.4. The lowest BCUT2D eigenvalue weighted by molar-refractivity contribution is -0.123. The van der Waals surface area contributed by atoms with Crippen molar-refractivity contribution in [3.8, 4) is 5.75 Å². The van der Waals surface area contributed by atoms with E-state index in [1.807, 2.05) is 68.4 Å². The molecule has 7 heteroatoms. The Morgan fingerprint density at radius 2 is 1.56 bits per heavy atom. The van der Waals surface area contributed by atoms with Crippen LogP contribution in [0.1, 0.15) is 29.7 Å². The van der Waals surface area contributed by atoms with Gasteiger partial charge in [0.15, 0.2) is 0 Å². The van der Waals surface area contributed by atoms with Crippen LogP contribution in [-0.2, 0) is 21.2 Å². The number of aryl methyl sites for hydroxylation is 1. The lowest BCUT2D eigenvalue weighted by Crippen LogP contribution is -2.48. The molecule has 0 fully saturated rings. The molecule has 2 atom stereocenters. The molecule has 3 rings (SSSR count). The van der Waals surface area contributed by atoms with E-state index >= 15 is 0 Å². The molecule has 0 aliphatic heterocycles. The van der Waals surface area contributed by atoms with Crippen LogP contribution in [-0.4, -0.2) is 27.5 Å². The van der Waals surface area contributed by atoms with Crippen LogP contribution < -0.4 is 14.8 Å². The lowest BCUT2D eigenvalue weighted by atomic mass is 10.0. The molecular formula is C25H28N2O4S. The van der Waals surface area contributed by atoms with Gasteiger partial charge in [0, 0.05) is 5.56 Å². The summed E-state index contributed by atoms with van der Waals surface area (Å²) in [4.78, 5) is 13.3. The second kappa shape index (κ2) is 10.4. The quantitative estimate of drug-likeness (QED) is 0.518. The first-order chi connectivity index (χ1) is 15.3. The van der Waals surface area contributed by atoms with Crippen molar-refractivity contribution in [2.75, 3.05) is 7.11 Å². The van der Waals surface area contributed by atoms with E-state index in [9.17, 15) is 13.2 Å². The number of nitrogens with one attached hydrogen (secondary N) is 2. The highest BCUT2D eigenvalue weighted by Gasteiger charge is 2.27. The Kier molecular flexibility index (Phi) is 7.66. The summed E-state index contributed by atoms with van der Waals surface area (Å²) in [5.41, 5.74) is 2.61. The lowest BCUT2D eigenvalue weighted by Gasteiger charge is -2.23. The fourth-order valence-corrected chi connectivity index (χ4v) is 4.62. The van der Waals surface area contributed by atoms with Crippen molar-refractivity contribution >= 4 is 15.9 Å². The minimum atomic E-state index is -3.89. The second-order valence-corrected chi connectivity index (χ2v) is 9.36. The molecule has 0 aromatic heterocycles. The maximum atomic E-state index is 13.2. The van der Waals surface area contributed by atoms with Crippen LogP contribution in [0.4, 0.5) is 0 Å². The number of hydrogen-bond donors (Lipinski definition) is 2. The monoisotopic (exact) mass is 452 g/mol. The van der Waals surface area contributed by atoms with E-state index in [1.54, 1.807) is 19.2 Å². The number of sulfonamides is 1. The van der Waals surface area contributed by atoms with Gasteiger partial charge in [-0.15, -0.1) is 0 Å². The van der Waals surface area contributed by atoms with Gasteiger partial charge >= 0.3 is 0 Å². The zero-order chi connectivity index (χ0) is 23.1. The predicted octanol–water partition coefficient (Wildman–Crippen LogP) is 3.77. The number of hydrogen-bond acceptors (Lipinski definition) is 4. The van der Waals surface area contributed by atoms with Crippen molar-refractivity contribution in [2.45, 2.75) is 37.2 Å². The molecule has 6 nitrogen and oxygen atoms in total. The highest BCUT2D eigenvalue weighted by atomic mass is 32.2. The van der Waals surface area contributed by atoms with Gasteiger partial charge in [-0.25, -0.2) is 8.42 Å². The van der Waals surface area contributed by atoms with Gasteiger partial charge in [0.1, 0.15) is 11.8 Å². The predicted molar refractivity (Wildman–Crippen MR) is 125 cm³/mol. The third-order valence-electron chi connectivity index (χ3n) is 5.19. The molecule has 0 radical (unpaired) electrons.